The van der Waals surface area contributed by atoms with E-state index < -0.39 is 119 Å². The summed E-state index contributed by atoms with van der Waals surface area (Å²) in [6.07, 6.45) is -10.4. The first-order chi connectivity index (χ1) is 52.7. The van der Waals surface area contributed by atoms with Gasteiger partial charge in [-0.15, -0.1) is 9.80 Å². The van der Waals surface area contributed by atoms with Crippen molar-refractivity contribution in [3.05, 3.63) is 45.4 Å². The van der Waals surface area contributed by atoms with E-state index in [0.29, 0.717) is 112 Å². The van der Waals surface area contributed by atoms with Crippen LogP contribution in [0, 0.1) is 0 Å². The molecule has 0 saturated carbocycles. The van der Waals surface area contributed by atoms with Crippen molar-refractivity contribution in [2.24, 2.45) is 0 Å². The summed E-state index contributed by atoms with van der Waals surface area (Å²) < 4.78 is 130. The summed E-state index contributed by atoms with van der Waals surface area (Å²) in [5.41, 5.74) is -2.34. The molecule has 5 aromatic rings. The lowest BCUT2D eigenvalue weighted by Gasteiger charge is -2.36. The first-order valence-electron chi connectivity index (χ1n) is 36.5. The van der Waals surface area contributed by atoms with Crippen molar-refractivity contribution >= 4 is 112 Å². The minimum atomic E-state index is -3.07. The van der Waals surface area contributed by atoms with Gasteiger partial charge in [0, 0.05) is 89.5 Å². The number of halogens is 8. The normalized spacial score (nSPS) is 18.0. The lowest BCUT2D eigenvalue weighted by molar-refractivity contribution is 0.00578. The molecule has 5 fully saturated rings. The van der Waals surface area contributed by atoms with Crippen molar-refractivity contribution in [3.8, 4) is 11.4 Å². The Morgan fingerprint density at radius 2 is 0.921 bits per heavy atom. The Bertz CT molecular complexity index is 4080. The minimum absolute atomic E-state index is 0.0482. The summed E-state index contributed by atoms with van der Waals surface area (Å²) in [5, 5.41) is 3.44. The second-order valence-electron chi connectivity index (χ2n) is 32.4. The van der Waals surface area contributed by atoms with Crippen molar-refractivity contribution in [2.75, 3.05) is 127 Å². The van der Waals surface area contributed by atoms with E-state index in [4.69, 9.17) is 59.8 Å². The van der Waals surface area contributed by atoms with E-state index in [1.54, 1.807) is 116 Å². The number of nitrogens with zero attached hydrogens (tertiary/aromatic N) is 19. The second-order valence-corrected chi connectivity index (χ2v) is 33.6. The van der Waals surface area contributed by atoms with Gasteiger partial charge >= 0.3 is 37.6 Å². The molecular formula is C70H102BBrClF6N21O14. The summed E-state index contributed by atoms with van der Waals surface area (Å²) in [6.45, 7) is 44.8. The Morgan fingerprint density at radius 3 is 1.35 bits per heavy atom. The molecule has 114 heavy (non-hydrogen) atoms. The number of amides is 5. The molecule has 630 valence electrons. The highest BCUT2D eigenvalue weighted by molar-refractivity contribution is 9.10. The lowest BCUT2D eigenvalue weighted by Crippen LogP contribution is -2.50. The summed E-state index contributed by atoms with van der Waals surface area (Å²) in [6, 6.07) is 0.223. The highest BCUT2D eigenvalue weighted by Gasteiger charge is 2.53. The molecule has 5 aromatic heterocycles. The van der Waals surface area contributed by atoms with Crippen molar-refractivity contribution in [1.82, 2.24) is 70.0 Å². The van der Waals surface area contributed by atoms with E-state index in [0.717, 1.165) is 25.5 Å². The number of nitrogens with one attached hydrogen (secondary N) is 1. The molecule has 5 amide bonds. The first-order valence-corrected chi connectivity index (χ1v) is 37.7. The fraction of sp³-hybridized carbons (Fsp3) is 0.671. The van der Waals surface area contributed by atoms with E-state index in [1.165, 1.54) is 6.20 Å². The summed E-state index contributed by atoms with van der Waals surface area (Å²) >= 11 is 9.05. The second kappa shape index (κ2) is 37.9. The monoisotopic (exact) mass is 1700 g/mol. The van der Waals surface area contributed by atoms with Gasteiger partial charge in [-0.05, 0) is 173 Å². The quantitative estimate of drug-likeness (QED) is 0.0704. The van der Waals surface area contributed by atoms with Gasteiger partial charge in [-0.2, -0.15) is 29.9 Å². The zero-order valence-electron chi connectivity index (χ0n) is 67.9. The molecule has 0 radical (unpaired) electrons. The minimum Gasteiger partial charge on any atom is -0.444 e. The van der Waals surface area contributed by atoms with Crippen molar-refractivity contribution in [2.45, 2.75) is 216 Å². The number of alkyl halides is 6. The maximum Gasteiger partial charge on any atom is 0.498 e. The molecule has 0 aromatic carbocycles. The number of anilines is 7. The topological polar surface area (TPSA) is 384 Å². The van der Waals surface area contributed by atoms with Crippen LogP contribution in [-0.4, -0.2) is 245 Å². The Morgan fingerprint density at radius 1 is 0.526 bits per heavy atom. The molecule has 5 saturated heterocycles. The maximum atomic E-state index is 14.0. The third-order valence-electron chi connectivity index (χ3n) is 16.6. The molecule has 0 bridgehead atoms. The predicted octanol–water partition coefficient (Wildman–Crippen LogP) is 11.5. The molecule has 5 aliphatic rings. The molecule has 10 rings (SSSR count). The van der Waals surface area contributed by atoms with Gasteiger partial charge in [0.2, 0.25) is 46.9 Å². The number of hydrogen-bond donors (Lipinski definition) is 2. The Labute approximate surface area is 671 Å². The fourth-order valence-electron chi connectivity index (χ4n) is 10.6. The number of ether oxygens (including phenoxy) is 7. The number of nitrogen functional groups attached to an aromatic ring is 1. The summed E-state index contributed by atoms with van der Waals surface area (Å²) in [4.78, 5) is 123. The Balaban J connectivity index is 0.000000212. The first kappa shape index (κ1) is 92.4. The summed E-state index contributed by atoms with van der Waals surface area (Å²) in [5.74, 6) is 0.678. The molecular weight excluding hydrogens is 1600 g/mol. The van der Waals surface area contributed by atoms with Gasteiger partial charge < -0.3 is 78.0 Å². The molecule has 10 heterocycles. The Kier molecular flexibility index (Phi) is 30.7. The SMILES string of the molecule is CC(C)(C)OC(=O)N(C(=O)OC(C)(C)C)c1ncc(B2OC(C)(C)C(C)(C)O2)c(C(F)F)n1.CC(C)(C)OC(=O)N(C(=O)OC(C)(C)C)c1ncc(Br)c(C(F)F)n1.C[C@H]1COCCN1c1nc(-c2cnc(N)nc2C(F)F)nc(N2CCNCC2)n1.C[C@H]1COCCN1c1nc(Cl)nc(N2CCN(C(=O)OC(C)(C)C)CC2)n1. The van der Waals surface area contributed by atoms with E-state index in [1.807, 2.05) is 42.4 Å². The average Bonchev–Trinajstić information content (AvgIpc) is 1.60. The zero-order valence-corrected chi connectivity index (χ0v) is 70.3. The number of aromatic nitrogens is 12. The zero-order chi connectivity index (χ0) is 85.1. The third kappa shape index (κ3) is 26.4. The van der Waals surface area contributed by atoms with E-state index in [9.17, 15) is 50.3 Å². The van der Waals surface area contributed by atoms with Gasteiger partial charge in [0.25, 0.3) is 19.3 Å². The maximum absolute atomic E-state index is 14.0. The van der Waals surface area contributed by atoms with Gasteiger partial charge in [0.1, 0.15) is 45.1 Å². The Hall–Kier alpha value is -8.78. The van der Waals surface area contributed by atoms with Crippen LogP contribution in [0.2, 0.25) is 5.28 Å². The average molecular weight is 1700 g/mol. The van der Waals surface area contributed by atoms with Crippen molar-refractivity contribution in [1.29, 1.82) is 0 Å². The van der Waals surface area contributed by atoms with Gasteiger partial charge in [0.15, 0.2) is 5.82 Å². The number of hydrogen-bond acceptors (Lipinski definition) is 32. The van der Waals surface area contributed by atoms with Crippen LogP contribution in [0.4, 0.5) is 92.0 Å². The number of piperazine rings is 2. The standard InChI is InChI=1S/C21H32BF2N3O6.C17H27ClN6O3.C17H23F2N9O.C15H20BrF2N3O4/c1-18(2,3)30-16(28)27(17(29)31-19(4,5)6)15-25-11-12(13(26-15)14(23)24)22-32-20(7,8)21(9,10)33-22;1-12-11-26-10-9-24(12)15-20-13(18)19-14(21-15)22-5-7-23(8-6-22)16(25)27-17(2,3)4;1-10-9-29-7-6-28(10)17-25-14(11-8-22-15(20)23-12(11)13(18)19)24-16(26-17)27-4-2-21-3-5-27;1-14(2,3)24-12(22)21(13(23)25-15(4,5)6)11-19-7-8(16)9(20-11)10(17)18/h11,14H,1-10H3;12H,5-11H2,1-4H3;8,10,13,21H,2-7,9H2,1H3,(H2,20,22,23);7,10H,1-6H3/t;12-;10-;/m.00./s1. The molecule has 0 unspecified atom stereocenters. The van der Waals surface area contributed by atoms with Crippen LogP contribution in [0.1, 0.15) is 182 Å². The van der Waals surface area contributed by atoms with E-state index in [-0.39, 0.29) is 50.7 Å². The lowest BCUT2D eigenvalue weighted by atomic mass is 9.79. The van der Waals surface area contributed by atoms with Crippen LogP contribution in [-0.2, 0) is 42.5 Å². The predicted molar refractivity (Wildman–Crippen MR) is 413 cm³/mol. The van der Waals surface area contributed by atoms with Gasteiger partial charge in [-0.25, -0.2) is 80.2 Å². The van der Waals surface area contributed by atoms with Crippen LogP contribution in [0.15, 0.2) is 23.1 Å². The molecule has 0 aliphatic carbocycles. The number of morpholine rings is 2. The third-order valence-corrected chi connectivity index (χ3v) is 17.3. The number of carbonyl (C=O) groups excluding carboxylic acids is 5. The number of nitrogens with two attached hydrogens (primary N) is 1. The van der Waals surface area contributed by atoms with E-state index >= 15 is 0 Å². The molecule has 44 heteroatoms. The molecule has 3 N–H and O–H groups in total. The number of imide groups is 2. The summed E-state index contributed by atoms with van der Waals surface area (Å²) in [7, 11) is -1.16. The largest absolute Gasteiger partial charge is 0.498 e. The van der Waals surface area contributed by atoms with Crippen molar-refractivity contribution < 1.29 is 92.8 Å². The molecule has 2 atom stereocenters. The van der Waals surface area contributed by atoms with Crippen LogP contribution in [0.25, 0.3) is 11.4 Å². The van der Waals surface area contributed by atoms with Crippen LogP contribution < -0.4 is 45.9 Å². The molecule has 5 aliphatic heterocycles. The number of carbonyl (C=O) groups is 5. The van der Waals surface area contributed by atoms with Crippen LogP contribution in [0.5, 0.6) is 0 Å². The van der Waals surface area contributed by atoms with Crippen molar-refractivity contribution in [3.63, 3.8) is 0 Å². The highest BCUT2D eigenvalue weighted by Crippen LogP contribution is 2.38. The van der Waals surface area contributed by atoms with Gasteiger partial charge in [-0.3, -0.25) is 0 Å². The highest BCUT2D eigenvalue weighted by atomic mass is 79.9. The fourth-order valence-corrected chi connectivity index (χ4v) is 11.1. The molecule has 35 nitrogen and oxygen atoms in total. The van der Waals surface area contributed by atoms with Crippen LogP contribution >= 0.6 is 27.5 Å². The smallest absolute Gasteiger partial charge is 0.444 e. The van der Waals surface area contributed by atoms with Gasteiger partial charge in [0.05, 0.1) is 59.7 Å². The van der Waals surface area contributed by atoms with Gasteiger partial charge in [-0.1, -0.05) is 0 Å². The van der Waals surface area contributed by atoms with E-state index in [2.05, 4.69) is 92.9 Å². The van der Waals surface area contributed by atoms with Crippen LogP contribution in [0.3, 0.4) is 0 Å². The molecule has 0 spiro atoms. The number of rotatable bonds is 11.